The Morgan fingerprint density at radius 3 is 2.42 bits per heavy atom. The van der Waals surface area contributed by atoms with Crippen LogP contribution in [0.5, 0.6) is 0 Å². The predicted molar refractivity (Wildman–Crippen MR) is 96.5 cm³/mol. The molecule has 0 unspecified atom stereocenters. The van der Waals surface area contributed by atoms with Crippen molar-refractivity contribution in [2.24, 2.45) is 5.10 Å². The van der Waals surface area contributed by atoms with E-state index >= 15 is 0 Å². The van der Waals surface area contributed by atoms with Crippen LogP contribution in [0, 0.1) is 6.92 Å². The Morgan fingerprint density at radius 1 is 1.08 bits per heavy atom. The van der Waals surface area contributed by atoms with Crippen molar-refractivity contribution in [3.8, 4) is 0 Å². The Kier molecular flexibility index (Phi) is 6.09. The molecule has 0 aliphatic rings. The van der Waals surface area contributed by atoms with Crippen LogP contribution in [0.15, 0.2) is 53.6 Å². The fourth-order valence-corrected chi connectivity index (χ4v) is 2.19. The number of rotatable bonds is 5. The number of benzene rings is 2. The number of nitrogens with zero attached hydrogens (tertiary/aromatic N) is 1. The van der Waals surface area contributed by atoms with Crippen molar-refractivity contribution in [3.05, 3.63) is 64.7 Å². The van der Waals surface area contributed by atoms with Gasteiger partial charge in [-0.05, 0) is 38.1 Å². The lowest BCUT2D eigenvalue weighted by Crippen LogP contribution is -2.21. The maximum atomic E-state index is 12.0. The van der Waals surface area contributed by atoms with Crippen LogP contribution in [0.2, 0.25) is 5.02 Å². The summed E-state index contributed by atoms with van der Waals surface area (Å²) in [4.78, 5) is 23.9. The number of aryl methyl sites for hydroxylation is 1. The third-order valence-electron chi connectivity index (χ3n) is 3.22. The molecule has 24 heavy (non-hydrogen) atoms. The van der Waals surface area contributed by atoms with Crippen molar-refractivity contribution in [2.45, 2.75) is 20.3 Å². The number of hydrazone groups is 1. The minimum absolute atomic E-state index is 0.0800. The first kappa shape index (κ1) is 17.7. The number of carbonyl (C=O) groups is 2. The zero-order valence-electron chi connectivity index (χ0n) is 13.5. The van der Waals surface area contributed by atoms with Crippen LogP contribution in [0.4, 0.5) is 5.69 Å². The molecule has 0 aromatic heterocycles. The summed E-state index contributed by atoms with van der Waals surface area (Å²) in [5, 5.41) is 7.06. The smallest absolute Gasteiger partial charge is 0.272 e. The van der Waals surface area contributed by atoms with Gasteiger partial charge in [0.15, 0.2) is 0 Å². The average molecular weight is 344 g/mol. The Labute approximate surface area is 145 Å². The van der Waals surface area contributed by atoms with Crippen molar-refractivity contribution < 1.29 is 9.59 Å². The molecule has 0 fully saturated rings. The van der Waals surface area contributed by atoms with E-state index in [1.54, 1.807) is 31.2 Å². The molecule has 2 aromatic carbocycles. The first-order valence-corrected chi connectivity index (χ1v) is 7.78. The first-order chi connectivity index (χ1) is 11.5. The van der Waals surface area contributed by atoms with Gasteiger partial charge in [0.05, 0.1) is 17.0 Å². The van der Waals surface area contributed by atoms with E-state index in [0.29, 0.717) is 16.3 Å². The molecule has 5 nitrogen and oxygen atoms in total. The van der Waals surface area contributed by atoms with Gasteiger partial charge >= 0.3 is 0 Å². The molecule has 0 radical (unpaired) electrons. The van der Waals surface area contributed by atoms with E-state index in [1.807, 2.05) is 31.2 Å². The van der Waals surface area contributed by atoms with E-state index in [1.165, 1.54) is 0 Å². The lowest BCUT2D eigenvalue weighted by Gasteiger charge is -2.06. The summed E-state index contributed by atoms with van der Waals surface area (Å²) in [6, 6.07) is 14.2. The van der Waals surface area contributed by atoms with Crippen LogP contribution in [0.1, 0.15) is 29.3 Å². The van der Waals surface area contributed by atoms with Gasteiger partial charge in [-0.15, -0.1) is 0 Å². The number of anilines is 1. The quantitative estimate of drug-likeness (QED) is 0.640. The first-order valence-electron chi connectivity index (χ1n) is 7.40. The number of hydrogen-bond acceptors (Lipinski definition) is 3. The summed E-state index contributed by atoms with van der Waals surface area (Å²) >= 11 is 5.95. The Balaban J connectivity index is 1.89. The summed E-state index contributed by atoms with van der Waals surface area (Å²) in [7, 11) is 0. The van der Waals surface area contributed by atoms with Gasteiger partial charge in [-0.2, -0.15) is 5.10 Å². The maximum absolute atomic E-state index is 12.0. The van der Waals surface area contributed by atoms with Gasteiger partial charge < -0.3 is 5.32 Å². The van der Waals surface area contributed by atoms with Crippen molar-refractivity contribution in [2.75, 3.05) is 5.32 Å². The summed E-state index contributed by atoms with van der Waals surface area (Å²) in [5.74, 6) is -0.619. The summed E-state index contributed by atoms with van der Waals surface area (Å²) in [6.45, 7) is 3.64. The number of carbonyl (C=O) groups excluding carboxylic acids is 2. The van der Waals surface area contributed by atoms with Crippen molar-refractivity contribution in [1.29, 1.82) is 0 Å². The predicted octanol–water partition coefficient (Wildman–Crippen LogP) is 3.78. The number of amides is 2. The molecule has 0 spiro atoms. The lowest BCUT2D eigenvalue weighted by molar-refractivity contribution is -0.115. The van der Waals surface area contributed by atoms with Crippen LogP contribution in [-0.4, -0.2) is 17.5 Å². The summed E-state index contributed by atoms with van der Waals surface area (Å²) < 4.78 is 0. The van der Waals surface area contributed by atoms with Crippen LogP contribution in [0.25, 0.3) is 0 Å². The fourth-order valence-electron chi connectivity index (χ4n) is 1.97. The lowest BCUT2D eigenvalue weighted by atomic mass is 10.2. The molecule has 0 bridgehead atoms. The Bertz CT molecular complexity index is 770. The minimum atomic E-state index is -0.418. The number of nitrogens with one attached hydrogen (secondary N) is 2. The van der Waals surface area contributed by atoms with Crippen molar-refractivity contribution >= 4 is 34.8 Å². The highest BCUT2D eigenvalue weighted by atomic mass is 35.5. The SMILES string of the molecule is CC(CC(=O)Nc1ccc(C)cc1)=NNC(=O)c1ccccc1Cl. The van der Waals surface area contributed by atoms with Crippen LogP contribution < -0.4 is 10.7 Å². The van der Waals surface area contributed by atoms with E-state index < -0.39 is 5.91 Å². The molecule has 2 rings (SSSR count). The molecule has 2 N–H and O–H groups in total. The molecule has 0 saturated carbocycles. The van der Waals surface area contributed by atoms with Gasteiger partial charge in [0, 0.05) is 11.4 Å². The topological polar surface area (TPSA) is 70.6 Å². The zero-order chi connectivity index (χ0) is 17.5. The van der Waals surface area contributed by atoms with Gasteiger partial charge in [-0.3, -0.25) is 9.59 Å². The molecular formula is C18H18ClN3O2. The largest absolute Gasteiger partial charge is 0.326 e. The molecular weight excluding hydrogens is 326 g/mol. The van der Waals surface area contributed by atoms with E-state index in [0.717, 1.165) is 11.3 Å². The van der Waals surface area contributed by atoms with Crippen LogP contribution >= 0.6 is 11.6 Å². The fraction of sp³-hybridized carbons (Fsp3) is 0.167. The molecule has 0 aliphatic heterocycles. The van der Waals surface area contributed by atoms with Crippen molar-refractivity contribution in [1.82, 2.24) is 5.43 Å². The Morgan fingerprint density at radius 2 is 1.75 bits per heavy atom. The highest BCUT2D eigenvalue weighted by molar-refractivity contribution is 6.33. The van der Waals surface area contributed by atoms with E-state index in [-0.39, 0.29) is 12.3 Å². The highest BCUT2D eigenvalue weighted by Gasteiger charge is 2.09. The monoisotopic (exact) mass is 343 g/mol. The molecule has 0 heterocycles. The average Bonchev–Trinajstić information content (AvgIpc) is 2.55. The number of hydrogen-bond donors (Lipinski definition) is 2. The number of halogens is 1. The third-order valence-corrected chi connectivity index (χ3v) is 3.55. The van der Waals surface area contributed by atoms with Gasteiger partial charge in [-0.1, -0.05) is 41.4 Å². The van der Waals surface area contributed by atoms with E-state index in [4.69, 9.17) is 11.6 Å². The standard InChI is InChI=1S/C18H18ClN3O2/c1-12-7-9-14(10-8-12)20-17(23)11-13(2)21-22-18(24)15-5-3-4-6-16(15)19/h3-10H,11H2,1-2H3,(H,20,23)(H,22,24). The van der Waals surface area contributed by atoms with Gasteiger partial charge in [0.25, 0.3) is 5.91 Å². The summed E-state index contributed by atoms with van der Waals surface area (Å²) in [6.07, 6.45) is 0.0800. The minimum Gasteiger partial charge on any atom is -0.326 e. The third kappa shape index (κ3) is 5.21. The second-order valence-corrected chi connectivity index (χ2v) is 5.77. The van der Waals surface area contributed by atoms with Gasteiger partial charge in [-0.25, -0.2) is 5.43 Å². The second-order valence-electron chi connectivity index (χ2n) is 5.36. The normalized spacial score (nSPS) is 11.0. The van der Waals surface area contributed by atoms with Crippen LogP contribution in [0.3, 0.4) is 0 Å². The molecule has 2 amide bonds. The van der Waals surface area contributed by atoms with Gasteiger partial charge in [0.2, 0.25) is 5.91 Å². The highest BCUT2D eigenvalue weighted by Crippen LogP contribution is 2.14. The van der Waals surface area contributed by atoms with E-state index in [9.17, 15) is 9.59 Å². The Hall–Kier alpha value is -2.66. The van der Waals surface area contributed by atoms with E-state index in [2.05, 4.69) is 15.8 Å². The van der Waals surface area contributed by atoms with Crippen LogP contribution in [-0.2, 0) is 4.79 Å². The molecule has 0 aliphatic carbocycles. The molecule has 2 aromatic rings. The second kappa shape index (κ2) is 8.26. The van der Waals surface area contributed by atoms with Crippen molar-refractivity contribution in [3.63, 3.8) is 0 Å². The maximum Gasteiger partial charge on any atom is 0.272 e. The molecule has 124 valence electrons. The zero-order valence-corrected chi connectivity index (χ0v) is 14.2. The molecule has 0 saturated heterocycles. The molecule has 0 atom stereocenters. The summed E-state index contributed by atoms with van der Waals surface area (Å²) in [5.41, 5.74) is 5.06. The molecule has 6 heteroatoms. The van der Waals surface area contributed by atoms with Gasteiger partial charge in [0.1, 0.15) is 0 Å².